The highest BCUT2D eigenvalue weighted by molar-refractivity contribution is 4.81. The van der Waals surface area contributed by atoms with Gasteiger partial charge in [-0.2, -0.15) is 0 Å². The van der Waals surface area contributed by atoms with Crippen LogP contribution < -0.4 is 5.32 Å². The van der Waals surface area contributed by atoms with Gasteiger partial charge >= 0.3 is 0 Å². The van der Waals surface area contributed by atoms with Gasteiger partial charge in [-0.3, -0.25) is 0 Å². The second kappa shape index (κ2) is 6.02. The average molecular weight is 224 g/mol. The highest BCUT2D eigenvalue weighted by atomic mass is 15.1. The molecule has 2 heteroatoms. The third kappa shape index (κ3) is 4.42. The molecule has 2 fully saturated rings. The van der Waals surface area contributed by atoms with E-state index < -0.39 is 0 Å². The molecule has 0 aromatic heterocycles. The fraction of sp³-hybridized carbons (Fsp3) is 1.00. The van der Waals surface area contributed by atoms with Crippen LogP contribution in [0, 0.1) is 5.92 Å². The molecule has 2 rings (SSSR count). The zero-order valence-electron chi connectivity index (χ0n) is 11.0. The molecule has 1 N–H and O–H groups in total. The van der Waals surface area contributed by atoms with E-state index >= 15 is 0 Å². The third-order valence-electron chi connectivity index (χ3n) is 4.03. The number of nitrogens with zero attached hydrogens (tertiary/aromatic N) is 1. The summed E-state index contributed by atoms with van der Waals surface area (Å²) in [5, 5.41) is 3.60. The highest BCUT2D eigenvalue weighted by Crippen LogP contribution is 2.30. The summed E-state index contributed by atoms with van der Waals surface area (Å²) in [6, 6.07) is 1.66. The summed E-state index contributed by atoms with van der Waals surface area (Å²) in [4.78, 5) is 2.68. The maximum absolute atomic E-state index is 3.60. The zero-order valence-corrected chi connectivity index (χ0v) is 11.0. The minimum Gasteiger partial charge on any atom is -0.314 e. The fourth-order valence-electron chi connectivity index (χ4n) is 2.43. The summed E-state index contributed by atoms with van der Waals surface area (Å²) in [5.74, 6) is 1.03. The first-order valence-electron chi connectivity index (χ1n) is 7.27. The second-order valence-corrected chi connectivity index (χ2v) is 5.75. The van der Waals surface area contributed by atoms with Crippen LogP contribution in [-0.4, -0.2) is 36.6 Å². The molecule has 0 amide bonds. The highest BCUT2D eigenvalue weighted by Gasteiger charge is 2.25. The van der Waals surface area contributed by atoms with Crippen LogP contribution in [0.2, 0.25) is 0 Å². The van der Waals surface area contributed by atoms with Gasteiger partial charge in [-0.15, -0.1) is 0 Å². The van der Waals surface area contributed by atoms with Crippen molar-refractivity contribution in [2.75, 3.05) is 19.6 Å². The van der Waals surface area contributed by atoms with Gasteiger partial charge in [-0.1, -0.05) is 6.92 Å². The number of hydrogen-bond donors (Lipinski definition) is 1. The van der Waals surface area contributed by atoms with Crippen molar-refractivity contribution in [3.8, 4) is 0 Å². The van der Waals surface area contributed by atoms with E-state index in [1.165, 1.54) is 58.2 Å². The Morgan fingerprint density at radius 1 is 1.25 bits per heavy atom. The summed E-state index contributed by atoms with van der Waals surface area (Å²) in [5.41, 5.74) is 0. The molecule has 0 bridgehead atoms. The van der Waals surface area contributed by atoms with Crippen LogP contribution in [0.15, 0.2) is 0 Å². The Morgan fingerprint density at radius 2 is 2.00 bits per heavy atom. The van der Waals surface area contributed by atoms with Crippen LogP contribution >= 0.6 is 0 Å². The Balaban J connectivity index is 1.53. The Kier molecular flexibility index (Phi) is 4.66. The second-order valence-electron chi connectivity index (χ2n) is 5.75. The van der Waals surface area contributed by atoms with Gasteiger partial charge in [0.1, 0.15) is 0 Å². The van der Waals surface area contributed by atoms with Crippen molar-refractivity contribution < 1.29 is 0 Å². The van der Waals surface area contributed by atoms with Crippen molar-refractivity contribution in [2.45, 2.75) is 64.5 Å². The predicted octanol–water partition coefficient (Wildman–Crippen LogP) is 2.64. The van der Waals surface area contributed by atoms with Crippen LogP contribution in [0.25, 0.3) is 0 Å². The van der Waals surface area contributed by atoms with Crippen LogP contribution in [0.4, 0.5) is 0 Å². The van der Waals surface area contributed by atoms with E-state index in [2.05, 4.69) is 24.1 Å². The van der Waals surface area contributed by atoms with E-state index in [0.717, 1.165) is 18.0 Å². The molecule has 1 unspecified atom stereocenters. The lowest BCUT2D eigenvalue weighted by Gasteiger charge is -2.27. The summed E-state index contributed by atoms with van der Waals surface area (Å²) >= 11 is 0. The first-order chi connectivity index (χ1) is 7.79. The minimum atomic E-state index is 0.784. The first-order valence-corrected chi connectivity index (χ1v) is 7.27. The van der Waals surface area contributed by atoms with E-state index in [9.17, 15) is 0 Å². The van der Waals surface area contributed by atoms with E-state index in [0.29, 0.717) is 0 Å². The lowest BCUT2D eigenvalue weighted by Crippen LogP contribution is -2.35. The van der Waals surface area contributed by atoms with Crippen molar-refractivity contribution in [1.29, 1.82) is 0 Å². The van der Waals surface area contributed by atoms with Crippen LogP contribution in [0.5, 0.6) is 0 Å². The topological polar surface area (TPSA) is 15.3 Å². The van der Waals surface area contributed by atoms with E-state index in [1.54, 1.807) is 0 Å². The number of nitrogens with one attached hydrogen (secondary N) is 1. The van der Waals surface area contributed by atoms with Gasteiger partial charge in [0.25, 0.3) is 0 Å². The molecule has 2 aliphatic rings. The molecule has 0 aromatic rings. The van der Waals surface area contributed by atoms with Crippen LogP contribution in [0.1, 0.15) is 52.4 Å². The molecular weight excluding hydrogens is 196 g/mol. The molecule has 0 heterocycles. The van der Waals surface area contributed by atoms with Crippen LogP contribution in [0.3, 0.4) is 0 Å². The molecule has 94 valence electrons. The fourth-order valence-corrected chi connectivity index (χ4v) is 2.43. The maximum Gasteiger partial charge on any atom is 0.00682 e. The molecule has 16 heavy (non-hydrogen) atoms. The average Bonchev–Trinajstić information content (AvgIpc) is 3.14. The van der Waals surface area contributed by atoms with Gasteiger partial charge in [0.15, 0.2) is 0 Å². The molecule has 0 radical (unpaired) electrons. The minimum absolute atomic E-state index is 0.784. The molecule has 2 nitrogen and oxygen atoms in total. The summed E-state index contributed by atoms with van der Waals surface area (Å²) in [7, 11) is 0. The Bertz CT molecular complexity index is 197. The molecular formula is C14H28N2. The molecule has 0 saturated heterocycles. The molecule has 2 aliphatic carbocycles. The lowest BCUT2D eigenvalue weighted by atomic mass is 10.1. The number of rotatable bonds is 9. The Hall–Kier alpha value is -0.0800. The van der Waals surface area contributed by atoms with Crippen molar-refractivity contribution in [2.24, 2.45) is 5.92 Å². The Labute approximate surface area is 101 Å². The third-order valence-corrected chi connectivity index (χ3v) is 4.03. The standard InChI is InChI=1S/C14H28N2/c1-3-16(11-13-6-7-13)12(2)5-4-10-15-14-8-9-14/h12-15H,3-11H2,1-2H3. The smallest absolute Gasteiger partial charge is 0.00682 e. The monoisotopic (exact) mass is 224 g/mol. The van der Waals surface area contributed by atoms with Crippen molar-refractivity contribution in [3.63, 3.8) is 0 Å². The van der Waals surface area contributed by atoms with Gasteiger partial charge in [0.05, 0.1) is 0 Å². The SMILES string of the molecule is CCN(CC1CC1)C(C)CCCNC1CC1. The van der Waals surface area contributed by atoms with Gasteiger partial charge in [0, 0.05) is 18.6 Å². The van der Waals surface area contributed by atoms with Gasteiger partial charge < -0.3 is 10.2 Å². The molecule has 0 spiro atoms. The van der Waals surface area contributed by atoms with Crippen molar-refractivity contribution >= 4 is 0 Å². The largest absolute Gasteiger partial charge is 0.314 e. The first kappa shape index (κ1) is 12.4. The maximum atomic E-state index is 3.60. The summed E-state index contributed by atoms with van der Waals surface area (Å²) < 4.78 is 0. The summed E-state index contributed by atoms with van der Waals surface area (Å²) in [6.07, 6.45) is 8.49. The zero-order chi connectivity index (χ0) is 11.4. The molecule has 0 aliphatic heterocycles. The van der Waals surface area contributed by atoms with Gasteiger partial charge in [-0.25, -0.2) is 0 Å². The predicted molar refractivity (Wildman–Crippen MR) is 69.7 cm³/mol. The summed E-state index contributed by atoms with van der Waals surface area (Å²) in [6.45, 7) is 8.53. The molecule has 0 aromatic carbocycles. The van der Waals surface area contributed by atoms with E-state index in [1.807, 2.05) is 0 Å². The van der Waals surface area contributed by atoms with Crippen molar-refractivity contribution in [1.82, 2.24) is 10.2 Å². The van der Waals surface area contributed by atoms with Gasteiger partial charge in [-0.05, 0) is 64.5 Å². The normalized spacial score (nSPS) is 22.7. The van der Waals surface area contributed by atoms with Gasteiger partial charge in [0.2, 0.25) is 0 Å². The molecule has 2 saturated carbocycles. The number of hydrogen-bond acceptors (Lipinski definition) is 2. The van der Waals surface area contributed by atoms with E-state index in [-0.39, 0.29) is 0 Å². The molecule has 1 atom stereocenters. The Morgan fingerprint density at radius 3 is 2.56 bits per heavy atom. The van der Waals surface area contributed by atoms with Crippen LogP contribution in [-0.2, 0) is 0 Å². The van der Waals surface area contributed by atoms with Crippen molar-refractivity contribution in [3.05, 3.63) is 0 Å². The quantitative estimate of drug-likeness (QED) is 0.606. The lowest BCUT2D eigenvalue weighted by molar-refractivity contribution is 0.198. The van der Waals surface area contributed by atoms with E-state index in [4.69, 9.17) is 0 Å².